The smallest absolute Gasteiger partial charge is 0.157 e. The minimum Gasteiger partial charge on any atom is -0.490 e. The summed E-state index contributed by atoms with van der Waals surface area (Å²) in [6, 6.07) is 10.1. The number of ether oxygens (including phenoxy) is 1. The van der Waals surface area contributed by atoms with E-state index in [0.29, 0.717) is 5.92 Å². The van der Waals surface area contributed by atoms with Gasteiger partial charge in [0.05, 0.1) is 24.7 Å². The van der Waals surface area contributed by atoms with Crippen LogP contribution in [-0.2, 0) is 0 Å². The van der Waals surface area contributed by atoms with E-state index in [-0.39, 0.29) is 0 Å². The summed E-state index contributed by atoms with van der Waals surface area (Å²) >= 11 is 2.02. The zero-order valence-corrected chi connectivity index (χ0v) is 11.0. The molecule has 0 saturated carbocycles. The van der Waals surface area contributed by atoms with Crippen LogP contribution in [0.4, 0.5) is 0 Å². The van der Waals surface area contributed by atoms with Crippen LogP contribution >= 0.6 is 11.8 Å². The molecule has 1 unspecified atom stereocenters. The molecule has 0 spiro atoms. The zero-order chi connectivity index (χ0) is 12.2. The van der Waals surface area contributed by atoms with Gasteiger partial charge in [-0.3, -0.25) is 0 Å². The average Bonchev–Trinajstić information content (AvgIpc) is 3.09. The first-order valence-electron chi connectivity index (χ1n) is 6.22. The van der Waals surface area contributed by atoms with Gasteiger partial charge in [-0.1, -0.05) is 18.2 Å². The highest BCUT2D eigenvalue weighted by Crippen LogP contribution is 2.24. The number of para-hydroxylation sites is 1. The molecule has 3 nitrogen and oxygen atoms in total. The third kappa shape index (κ3) is 2.70. The molecule has 1 saturated heterocycles. The Morgan fingerprint density at radius 3 is 3.00 bits per heavy atom. The highest BCUT2D eigenvalue weighted by atomic mass is 32.2. The lowest BCUT2D eigenvalue weighted by Crippen LogP contribution is -2.10. The van der Waals surface area contributed by atoms with Gasteiger partial charge in [0.15, 0.2) is 5.75 Å². The second-order valence-corrected chi connectivity index (χ2v) is 5.65. The summed E-state index contributed by atoms with van der Waals surface area (Å²) < 4.78 is 7.64. The van der Waals surface area contributed by atoms with Gasteiger partial charge in [-0.2, -0.15) is 16.9 Å². The van der Waals surface area contributed by atoms with Crippen LogP contribution in [0.5, 0.6) is 5.75 Å². The van der Waals surface area contributed by atoms with Crippen LogP contribution in [0.15, 0.2) is 42.7 Å². The number of aromatic nitrogens is 2. The summed E-state index contributed by atoms with van der Waals surface area (Å²) in [5.74, 6) is 4.07. The largest absolute Gasteiger partial charge is 0.490 e. The van der Waals surface area contributed by atoms with Crippen LogP contribution in [0.3, 0.4) is 0 Å². The fraction of sp³-hybridized carbons (Fsp3) is 0.357. The van der Waals surface area contributed by atoms with Gasteiger partial charge in [0, 0.05) is 5.92 Å². The standard InChI is InChI=1S/C14H16N2OS/c1-2-4-13(5-3-1)16-9-14(8-15-16)17-10-12-6-7-18-11-12/h1-5,8-9,12H,6-7,10-11H2. The normalized spacial score (nSPS) is 19.0. The summed E-state index contributed by atoms with van der Waals surface area (Å²) in [6.07, 6.45) is 5.00. The molecule has 1 aromatic heterocycles. The Kier molecular flexibility index (Phi) is 3.55. The maximum absolute atomic E-state index is 5.80. The van der Waals surface area contributed by atoms with Crippen molar-refractivity contribution in [2.24, 2.45) is 5.92 Å². The summed E-state index contributed by atoms with van der Waals surface area (Å²) in [5, 5.41) is 4.32. The Hall–Kier alpha value is -1.42. The Labute approximate surface area is 111 Å². The number of nitrogens with zero attached hydrogens (tertiary/aromatic N) is 2. The SMILES string of the molecule is c1ccc(-n2cc(OCC3CCSC3)cn2)cc1. The van der Waals surface area contributed by atoms with Crippen molar-refractivity contribution in [1.29, 1.82) is 0 Å². The fourth-order valence-electron chi connectivity index (χ4n) is 2.03. The van der Waals surface area contributed by atoms with Crippen LogP contribution in [0.2, 0.25) is 0 Å². The van der Waals surface area contributed by atoms with Crippen LogP contribution in [0.25, 0.3) is 5.69 Å². The van der Waals surface area contributed by atoms with Gasteiger partial charge in [0.2, 0.25) is 0 Å². The first kappa shape index (κ1) is 11.7. The highest BCUT2D eigenvalue weighted by molar-refractivity contribution is 7.99. The minimum absolute atomic E-state index is 0.704. The highest BCUT2D eigenvalue weighted by Gasteiger charge is 2.16. The molecule has 2 aromatic rings. The topological polar surface area (TPSA) is 27.1 Å². The Morgan fingerprint density at radius 1 is 1.33 bits per heavy atom. The van der Waals surface area contributed by atoms with Crippen LogP contribution in [-0.4, -0.2) is 27.9 Å². The number of hydrogen-bond donors (Lipinski definition) is 0. The quantitative estimate of drug-likeness (QED) is 0.845. The molecule has 1 atom stereocenters. The van der Waals surface area contributed by atoms with Gasteiger partial charge < -0.3 is 4.74 Å². The van der Waals surface area contributed by atoms with E-state index in [0.717, 1.165) is 18.0 Å². The lowest BCUT2D eigenvalue weighted by molar-refractivity contribution is 0.263. The van der Waals surface area contributed by atoms with Crippen molar-refractivity contribution in [3.05, 3.63) is 42.7 Å². The first-order chi connectivity index (χ1) is 8.92. The van der Waals surface area contributed by atoms with Gasteiger partial charge in [0.25, 0.3) is 0 Å². The lowest BCUT2D eigenvalue weighted by atomic mass is 10.1. The zero-order valence-electron chi connectivity index (χ0n) is 10.2. The molecule has 2 heterocycles. The predicted molar refractivity (Wildman–Crippen MR) is 74.5 cm³/mol. The molecular formula is C14H16N2OS. The molecule has 1 aromatic carbocycles. The minimum atomic E-state index is 0.704. The molecule has 4 heteroatoms. The lowest BCUT2D eigenvalue weighted by Gasteiger charge is -2.08. The number of rotatable bonds is 4. The second kappa shape index (κ2) is 5.48. The van der Waals surface area contributed by atoms with Crippen LogP contribution in [0.1, 0.15) is 6.42 Å². The molecule has 0 N–H and O–H groups in total. The molecule has 1 aliphatic rings. The van der Waals surface area contributed by atoms with E-state index < -0.39 is 0 Å². The average molecular weight is 260 g/mol. The third-order valence-corrected chi connectivity index (χ3v) is 4.32. The van der Waals surface area contributed by atoms with Gasteiger partial charge in [-0.05, 0) is 30.1 Å². The van der Waals surface area contributed by atoms with E-state index in [2.05, 4.69) is 5.10 Å². The van der Waals surface area contributed by atoms with Crippen molar-refractivity contribution >= 4 is 11.8 Å². The van der Waals surface area contributed by atoms with Gasteiger partial charge in [-0.15, -0.1) is 0 Å². The van der Waals surface area contributed by atoms with Crippen molar-refractivity contribution in [2.45, 2.75) is 6.42 Å². The van der Waals surface area contributed by atoms with Crippen molar-refractivity contribution in [2.75, 3.05) is 18.1 Å². The maximum atomic E-state index is 5.80. The summed E-state index contributed by atoms with van der Waals surface area (Å²) in [7, 11) is 0. The van der Waals surface area contributed by atoms with E-state index in [9.17, 15) is 0 Å². The molecule has 1 aliphatic heterocycles. The second-order valence-electron chi connectivity index (χ2n) is 4.50. The summed E-state index contributed by atoms with van der Waals surface area (Å²) in [6.45, 7) is 0.813. The monoisotopic (exact) mass is 260 g/mol. The Balaban J connectivity index is 1.63. The molecule has 0 bridgehead atoms. The molecule has 3 rings (SSSR count). The molecule has 0 aliphatic carbocycles. The summed E-state index contributed by atoms with van der Waals surface area (Å²) in [5.41, 5.74) is 1.06. The van der Waals surface area contributed by atoms with Gasteiger partial charge in [-0.25, -0.2) is 4.68 Å². The van der Waals surface area contributed by atoms with Crippen LogP contribution in [0, 0.1) is 5.92 Å². The molecule has 0 radical (unpaired) electrons. The van der Waals surface area contributed by atoms with Crippen molar-refractivity contribution in [3.63, 3.8) is 0 Å². The molecule has 94 valence electrons. The maximum Gasteiger partial charge on any atom is 0.157 e. The van der Waals surface area contributed by atoms with Crippen LogP contribution < -0.4 is 4.74 Å². The first-order valence-corrected chi connectivity index (χ1v) is 7.38. The predicted octanol–water partition coefficient (Wildman–Crippen LogP) is 3.00. The number of thioether (sulfide) groups is 1. The molecular weight excluding hydrogens is 244 g/mol. The van der Waals surface area contributed by atoms with Gasteiger partial charge >= 0.3 is 0 Å². The van der Waals surface area contributed by atoms with E-state index in [1.807, 2.05) is 53.0 Å². The molecule has 0 amide bonds. The van der Waals surface area contributed by atoms with Crippen molar-refractivity contribution in [1.82, 2.24) is 9.78 Å². The van der Waals surface area contributed by atoms with Crippen molar-refractivity contribution < 1.29 is 4.74 Å². The van der Waals surface area contributed by atoms with E-state index in [1.54, 1.807) is 6.20 Å². The fourth-order valence-corrected chi connectivity index (χ4v) is 3.29. The Morgan fingerprint density at radius 2 is 2.22 bits per heavy atom. The molecule has 1 fully saturated rings. The molecule has 18 heavy (non-hydrogen) atoms. The summed E-state index contributed by atoms with van der Waals surface area (Å²) in [4.78, 5) is 0. The van der Waals surface area contributed by atoms with E-state index in [4.69, 9.17) is 4.74 Å². The third-order valence-electron chi connectivity index (χ3n) is 3.09. The Bertz CT molecular complexity index is 492. The van der Waals surface area contributed by atoms with Crippen molar-refractivity contribution in [3.8, 4) is 11.4 Å². The van der Waals surface area contributed by atoms with E-state index in [1.165, 1.54) is 17.9 Å². The number of hydrogen-bond acceptors (Lipinski definition) is 3. The van der Waals surface area contributed by atoms with E-state index >= 15 is 0 Å². The van der Waals surface area contributed by atoms with Gasteiger partial charge in [0.1, 0.15) is 0 Å². The number of benzene rings is 1.